The highest BCUT2D eigenvalue weighted by atomic mass is 16.3. The number of fused-ring (bicyclic) bond motifs is 1. The minimum absolute atomic E-state index is 0.149. The molecule has 0 amide bonds. The van der Waals surface area contributed by atoms with Crippen molar-refractivity contribution in [3.8, 4) is 0 Å². The van der Waals surface area contributed by atoms with Crippen LogP contribution in [0, 0.1) is 0 Å². The summed E-state index contributed by atoms with van der Waals surface area (Å²) in [4.78, 5) is 0. The van der Waals surface area contributed by atoms with E-state index in [0.717, 1.165) is 11.0 Å². The molecule has 1 aromatic carbocycles. The summed E-state index contributed by atoms with van der Waals surface area (Å²) >= 11 is 0. The van der Waals surface area contributed by atoms with Crippen molar-refractivity contribution in [3.05, 3.63) is 29.8 Å². The largest absolute Gasteiger partial charge is 0.441 e. The van der Waals surface area contributed by atoms with Gasteiger partial charge < -0.3 is 10.2 Å². The Kier molecular flexibility index (Phi) is 1.81. The van der Waals surface area contributed by atoms with E-state index in [-0.39, 0.29) is 5.41 Å². The van der Waals surface area contributed by atoms with E-state index in [1.54, 1.807) is 0 Å². The van der Waals surface area contributed by atoms with E-state index in [0.29, 0.717) is 5.88 Å². The summed E-state index contributed by atoms with van der Waals surface area (Å²) in [7, 11) is 0. The first-order valence-corrected chi connectivity index (χ1v) is 4.76. The van der Waals surface area contributed by atoms with Gasteiger partial charge in [-0.3, -0.25) is 0 Å². The fourth-order valence-corrected chi connectivity index (χ4v) is 1.52. The van der Waals surface area contributed by atoms with Crippen LogP contribution in [-0.4, -0.2) is 0 Å². The molecule has 0 spiro atoms. The van der Waals surface area contributed by atoms with Crippen LogP contribution in [0.1, 0.15) is 26.3 Å². The highest BCUT2D eigenvalue weighted by Gasteiger charge is 2.14. The predicted molar refractivity (Wildman–Crippen MR) is 59.3 cm³/mol. The molecule has 0 saturated carbocycles. The lowest BCUT2D eigenvalue weighted by molar-refractivity contribution is 0.586. The summed E-state index contributed by atoms with van der Waals surface area (Å²) in [5, 5.41) is 1.07. The Morgan fingerprint density at radius 2 is 1.86 bits per heavy atom. The number of hydrogen-bond donors (Lipinski definition) is 1. The molecule has 0 fully saturated rings. The highest BCUT2D eigenvalue weighted by molar-refractivity contribution is 5.81. The van der Waals surface area contributed by atoms with Crippen molar-refractivity contribution in [1.82, 2.24) is 0 Å². The van der Waals surface area contributed by atoms with Crippen molar-refractivity contribution in [2.24, 2.45) is 0 Å². The van der Waals surface area contributed by atoms with Gasteiger partial charge in [0.25, 0.3) is 0 Å². The van der Waals surface area contributed by atoms with Crippen molar-refractivity contribution < 1.29 is 4.42 Å². The Labute approximate surface area is 83.7 Å². The lowest BCUT2D eigenvalue weighted by Gasteiger charge is -2.18. The lowest BCUT2D eigenvalue weighted by atomic mass is 9.87. The molecule has 0 atom stereocenters. The van der Waals surface area contributed by atoms with Gasteiger partial charge in [0, 0.05) is 11.5 Å². The molecule has 14 heavy (non-hydrogen) atoms. The maximum absolute atomic E-state index is 5.58. The fourth-order valence-electron chi connectivity index (χ4n) is 1.52. The zero-order valence-corrected chi connectivity index (χ0v) is 8.79. The van der Waals surface area contributed by atoms with Crippen molar-refractivity contribution in [2.75, 3.05) is 5.73 Å². The van der Waals surface area contributed by atoms with Gasteiger partial charge >= 0.3 is 0 Å². The molecule has 0 aliphatic carbocycles. The average molecular weight is 189 g/mol. The van der Waals surface area contributed by atoms with Crippen LogP contribution in [0.4, 0.5) is 5.88 Å². The molecular weight excluding hydrogens is 174 g/mol. The summed E-state index contributed by atoms with van der Waals surface area (Å²) in [6.45, 7) is 6.54. The Balaban J connectivity index is 2.62. The van der Waals surface area contributed by atoms with Gasteiger partial charge in [-0.15, -0.1) is 0 Å². The molecule has 2 rings (SSSR count). The zero-order valence-electron chi connectivity index (χ0n) is 8.79. The summed E-state index contributed by atoms with van der Waals surface area (Å²) in [5.41, 5.74) is 7.87. The van der Waals surface area contributed by atoms with E-state index in [9.17, 15) is 0 Å². The Morgan fingerprint density at radius 3 is 2.50 bits per heavy atom. The van der Waals surface area contributed by atoms with E-state index in [4.69, 9.17) is 10.2 Å². The van der Waals surface area contributed by atoms with E-state index in [2.05, 4.69) is 39.0 Å². The minimum atomic E-state index is 0.149. The Hall–Kier alpha value is -1.44. The van der Waals surface area contributed by atoms with Gasteiger partial charge in [-0.1, -0.05) is 32.9 Å². The number of benzene rings is 1. The van der Waals surface area contributed by atoms with Crippen LogP contribution in [0.15, 0.2) is 28.7 Å². The van der Waals surface area contributed by atoms with E-state index >= 15 is 0 Å². The normalized spacial score (nSPS) is 12.2. The second-order valence-corrected chi connectivity index (χ2v) is 4.65. The minimum Gasteiger partial charge on any atom is -0.441 e. The SMILES string of the molecule is CC(C)(C)c1ccc2cc(N)oc2c1. The Bertz CT molecular complexity index is 463. The highest BCUT2D eigenvalue weighted by Crippen LogP contribution is 2.28. The lowest BCUT2D eigenvalue weighted by Crippen LogP contribution is -2.10. The zero-order chi connectivity index (χ0) is 10.3. The number of nitrogens with two attached hydrogens (primary N) is 1. The monoisotopic (exact) mass is 189 g/mol. The maximum Gasteiger partial charge on any atom is 0.191 e. The molecule has 2 nitrogen and oxygen atoms in total. The van der Waals surface area contributed by atoms with Crippen LogP contribution in [-0.2, 0) is 5.41 Å². The van der Waals surface area contributed by atoms with Crippen molar-refractivity contribution in [2.45, 2.75) is 26.2 Å². The van der Waals surface area contributed by atoms with Gasteiger partial charge in [-0.2, -0.15) is 0 Å². The molecular formula is C12H15NO. The van der Waals surface area contributed by atoms with Crippen LogP contribution in [0.2, 0.25) is 0 Å². The first-order valence-electron chi connectivity index (χ1n) is 4.76. The van der Waals surface area contributed by atoms with Gasteiger partial charge in [-0.05, 0) is 17.0 Å². The van der Waals surface area contributed by atoms with Crippen LogP contribution < -0.4 is 5.73 Å². The van der Waals surface area contributed by atoms with E-state index < -0.39 is 0 Å². The van der Waals surface area contributed by atoms with E-state index in [1.165, 1.54) is 5.56 Å². The molecule has 0 aliphatic heterocycles. The topological polar surface area (TPSA) is 39.2 Å². The third-order valence-electron chi connectivity index (χ3n) is 2.41. The first-order chi connectivity index (χ1) is 6.47. The van der Waals surface area contributed by atoms with Gasteiger partial charge in [-0.25, -0.2) is 0 Å². The number of hydrogen-bond acceptors (Lipinski definition) is 2. The van der Waals surface area contributed by atoms with Crippen molar-refractivity contribution in [1.29, 1.82) is 0 Å². The molecule has 1 heterocycles. The van der Waals surface area contributed by atoms with Gasteiger partial charge in [0.15, 0.2) is 5.88 Å². The molecule has 74 valence electrons. The fraction of sp³-hybridized carbons (Fsp3) is 0.333. The van der Waals surface area contributed by atoms with E-state index in [1.807, 2.05) is 6.07 Å². The second kappa shape index (κ2) is 2.77. The summed E-state index contributed by atoms with van der Waals surface area (Å²) < 4.78 is 5.38. The first kappa shape index (κ1) is 9.13. The second-order valence-electron chi connectivity index (χ2n) is 4.65. The maximum atomic E-state index is 5.58. The van der Waals surface area contributed by atoms with Gasteiger partial charge in [0.2, 0.25) is 0 Å². The number of anilines is 1. The van der Waals surface area contributed by atoms with Crippen LogP contribution in [0.5, 0.6) is 0 Å². The summed E-state index contributed by atoms with van der Waals surface area (Å²) in [5.74, 6) is 0.478. The molecule has 0 unspecified atom stereocenters. The number of rotatable bonds is 0. The average Bonchev–Trinajstić information content (AvgIpc) is 2.41. The molecule has 2 aromatic rings. The molecule has 0 bridgehead atoms. The molecule has 2 heteroatoms. The predicted octanol–water partition coefficient (Wildman–Crippen LogP) is 3.31. The van der Waals surface area contributed by atoms with Gasteiger partial charge in [0.05, 0.1) is 0 Å². The summed E-state index contributed by atoms with van der Waals surface area (Å²) in [6, 6.07) is 8.08. The quantitative estimate of drug-likeness (QED) is 0.690. The van der Waals surface area contributed by atoms with Crippen LogP contribution in [0.3, 0.4) is 0 Å². The molecule has 2 N–H and O–H groups in total. The Morgan fingerprint density at radius 1 is 1.14 bits per heavy atom. The van der Waals surface area contributed by atoms with Crippen LogP contribution >= 0.6 is 0 Å². The summed E-state index contributed by atoms with van der Waals surface area (Å²) in [6.07, 6.45) is 0. The standard InChI is InChI=1S/C12H15NO/c1-12(2,3)9-5-4-8-6-11(13)14-10(8)7-9/h4-7H,13H2,1-3H3. The van der Waals surface area contributed by atoms with Crippen LogP contribution in [0.25, 0.3) is 11.0 Å². The third kappa shape index (κ3) is 1.48. The third-order valence-corrected chi connectivity index (χ3v) is 2.41. The smallest absolute Gasteiger partial charge is 0.191 e. The molecule has 0 saturated heterocycles. The number of nitrogen functional groups attached to an aromatic ring is 1. The number of furan rings is 1. The van der Waals surface area contributed by atoms with Crippen molar-refractivity contribution in [3.63, 3.8) is 0 Å². The molecule has 0 aliphatic rings. The molecule has 0 radical (unpaired) electrons. The van der Waals surface area contributed by atoms with Crippen molar-refractivity contribution >= 4 is 16.9 Å². The molecule has 1 aromatic heterocycles. The van der Waals surface area contributed by atoms with Gasteiger partial charge in [0.1, 0.15) is 5.58 Å².